The van der Waals surface area contributed by atoms with Gasteiger partial charge in [0.15, 0.2) is 5.65 Å². The number of hydrogen-bond donors (Lipinski definition) is 1. The van der Waals surface area contributed by atoms with E-state index in [9.17, 15) is 0 Å². The summed E-state index contributed by atoms with van der Waals surface area (Å²) in [5.74, 6) is 0.729. The number of rotatable bonds is 1. The largest absolute Gasteiger partial charge is 0.338 e. The molecule has 0 aromatic carbocycles. The Kier molecular flexibility index (Phi) is 1.69. The van der Waals surface area contributed by atoms with Crippen LogP contribution in [0.1, 0.15) is 18.1 Å². The molecule has 0 radical (unpaired) electrons. The lowest BCUT2D eigenvalue weighted by atomic mass is 10.5. The minimum Gasteiger partial charge on any atom is -0.338 e. The number of aromatic amines is 1. The molecule has 0 saturated heterocycles. The van der Waals surface area contributed by atoms with Crippen molar-refractivity contribution >= 4 is 22.8 Å². The first-order chi connectivity index (χ1) is 5.77. The third-order valence-corrected chi connectivity index (χ3v) is 1.76. The Morgan fingerprint density at radius 1 is 1.58 bits per heavy atom. The number of nitrogens with zero attached hydrogens (tertiary/aromatic N) is 3. The summed E-state index contributed by atoms with van der Waals surface area (Å²) in [7, 11) is 0. The minimum absolute atomic E-state index is 0.126. The summed E-state index contributed by atoms with van der Waals surface area (Å²) >= 11 is 5.83. The molecule has 0 aliphatic carbocycles. The van der Waals surface area contributed by atoms with E-state index in [1.807, 2.05) is 6.92 Å². The molecule has 2 aromatic rings. The molecule has 0 aliphatic rings. The molecule has 0 aliphatic heterocycles. The van der Waals surface area contributed by atoms with Gasteiger partial charge in [0.1, 0.15) is 17.7 Å². The van der Waals surface area contributed by atoms with Crippen molar-refractivity contribution in [1.29, 1.82) is 0 Å². The van der Waals surface area contributed by atoms with E-state index in [1.54, 1.807) is 6.20 Å². The van der Waals surface area contributed by atoms with Crippen molar-refractivity contribution in [2.75, 3.05) is 0 Å². The summed E-state index contributed by atoms with van der Waals surface area (Å²) in [6.07, 6.45) is 3.14. The van der Waals surface area contributed by atoms with Gasteiger partial charge in [-0.15, -0.1) is 11.6 Å². The summed E-state index contributed by atoms with van der Waals surface area (Å²) in [6.45, 7) is 1.85. The van der Waals surface area contributed by atoms with Crippen molar-refractivity contribution in [1.82, 2.24) is 19.9 Å². The van der Waals surface area contributed by atoms with Gasteiger partial charge in [0.05, 0.1) is 11.6 Å². The molecular weight excluding hydrogens is 176 g/mol. The maximum absolute atomic E-state index is 5.83. The molecule has 2 heterocycles. The normalized spacial score (nSPS) is 13.5. The van der Waals surface area contributed by atoms with Crippen LogP contribution in [0.15, 0.2) is 12.5 Å². The van der Waals surface area contributed by atoms with E-state index in [4.69, 9.17) is 11.6 Å². The highest BCUT2D eigenvalue weighted by molar-refractivity contribution is 6.20. The van der Waals surface area contributed by atoms with Gasteiger partial charge in [0.2, 0.25) is 0 Å². The fourth-order valence-electron chi connectivity index (χ4n) is 0.969. The van der Waals surface area contributed by atoms with Crippen molar-refractivity contribution in [3.8, 4) is 0 Å². The van der Waals surface area contributed by atoms with Gasteiger partial charge < -0.3 is 4.98 Å². The number of nitrogens with one attached hydrogen (secondary N) is 1. The Bertz CT molecular complexity index is 362. The summed E-state index contributed by atoms with van der Waals surface area (Å²) in [5, 5.41) is -0.126. The molecule has 1 atom stereocenters. The Hall–Kier alpha value is -1.16. The molecule has 62 valence electrons. The monoisotopic (exact) mass is 182 g/mol. The predicted molar refractivity (Wildman–Crippen MR) is 46.0 cm³/mol. The van der Waals surface area contributed by atoms with Crippen molar-refractivity contribution in [3.63, 3.8) is 0 Å². The minimum atomic E-state index is -0.126. The van der Waals surface area contributed by atoms with Gasteiger partial charge in [0.25, 0.3) is 0 Å². The lowest BCUT2D eigenvalue weighted by Crippen LogP contribution is -1.85. The SMILES string of the molecule is CC(Cl)c1nc2ncncc2[nH]1. The predicted octanol–water partition coefficient (Wildman–Crippen LogP) is 1.65. The summed E-state index contributed by atoms with van der Waals surface area (Å²) in [6, 6.07) is 0. The van der Waals surface area contributed by atoms with Crippen LogP contribution in [0.4, 0.5) is 0 Å². The highest BCUT2D eigenvalue weighted by Crippen LogP contribution is 2.17. The molecule has 5 heteroatoms. The van der Waals surface area contributed by atoms with Gasteiger partial charge in [-0.05, 0) is 6.92 Å². The topological polar surface area (TPSA) is 54.5 Å². The highest BCUT2D eigenvalue weighted by Gasteiger charge is 2.07. The lowest BCUT2D eigenvalue weighted by molar-refractivity contribution is 0.960. The molecule has 0 saturated carbocycles. The number of H-pyrrole nitrogens is 1. The molecule has 4 nitrogen and oxygen atoms in total. The zero-order chi connectivity index (χ0) is 8.55. The second kappa shape index (κ2) is 2.71. The van der Waals surface area contributed by atoms with Crippen molar-refractivity contribution in [2.24, 2.45) is 0 Å². The van der Waals surface area contributed by atoms with Crippen LogP contribution in [0.5, 0.6) is 0 Å². The van der Waals surface area contributed by atoms with Gasteiger partial charge in [-0.25, -0.2) is 15.0 Å². The Morgan fingerprint density at radius 2 is 2.42 bits per heavy atom. The maximum atomic E-state index is 5.83. The molecule has 0 bridgehead atoms. The fourth-order valence-corrected chi connectivity index (χ4v) is 1.07. The number of aromatic nitrogens is 4. The third kappa shape index (κ3) is 1.14. The van der Waals surface area contributed by atoms with Crippen LogP contribution in [-0.4, -0.2) is 19.9 Å². The molecular formula is C7H7ClN4. The number of halogens is 1. The van der Waals surface area contributed by atoms with E-state index in [-0.39, 0.29) is 5.38 Å². The standard InChI is InChI=1S/C7H7ClN4/c1-4(8)6-11-5-2-9-3-10-7(5)12-6/h2-4H,1H3,(H,9,10,11,12). The molecule has 0 fully saturated rings. The Balaban J connectivity index is 2.62. The van der Waals surface area contributed by atoms with E-state index in [0.29, 0.717) is 5.65 Å². The van der Waals surface area contributed by atoms with Crippen LogP contribution in [0.2, 0.25) is 0 Å². The van der Waals surface area contributed by atoms with Crippen LogP contribution in [-0.2, 0) is 0 Å². The van der Waals surface area contributed by atoms with E-state index >= 15 is 0 Å². The first-order valence-corrected chi connectivity index (χ1v) is 4.00. The molecule has 2 aromatic heterocycles. The fraction of sp³-hybridized carbons (Fsp3) is 0.286. The van der Waals surface area contributed by atoms with E-state index in [2.05, 4.69) is 19.9 Å². The maximum Gasteiger partial charge on any atom is 0.180 e. The van der Waals surface area contributed by atoms with Crippen LogP contribution in [0.3, 0.4) is 0 Å². The van der Waals surface area contributed by atoms with Crippen molar-refractivity contribution in [2.45, 2.75) is 12.3 Å². The smallest absolute Gasteiger partial charge is 0.180 e. The van der Waals surface area contributed by atoms with Gasteiger partial charge in [0, 0.05) is 0 Å². The lowest BCUT2D eigenvalue weighted by Gasteiger charge is -1.92. The Labute approximate surface area is 74.0 Å². The van der Waals surface area contributed by atoms with Crippen molar-refractivity contribution < 1.29 is 0 Å². The molecule has 0 spiro atoms. The average Bonchev–Trinajstić information content (AvgIpc) is 2.46. The van der Waals surface area contributed by atoms with E-state index < -0.39 is 0 Å². The number of fused-ring (bicyclic) bond motifs is 1. The summed E-state index contributed by atoms with van der Waals surface area (Å²) in [5.41, 5.74) is 1.48. The second-order valence-corrected chi connectivity index (χ2v) is 3.15. The molecule has 2 rings (SSSR count). The van der Waals surface area contributed by atoms with E-state index in [1.165, 1.54) is 6.33 Å². The molecule has 0 amide bonds. The average molecular weight is 183 g/mol. The van der Waals surface area contributed by atoms with Gasteiger partial charge in [-0.2, -0.15) is 0 Å². The number of hydrogen-bond acceptors (Lipinski definition) is 3. The van der Waals surface area contributed by atoms with Gasteiger partial charge >= 0.3 is 0 Å². The van der Waals surface area contributed by atoms with E-state index in [0.717, 1.165) is 11.3 Å². The molecule has 1 unspecified atom stereocenters. The second-order valence-electron chi connectivity index (χ2n) is 2.50. The van der Waals surface area contributed by atoms with Crippen LogP contribution in [0.25, 0.3) is 11.2 Å². The highest BCUT2D eigenvalue weighted by atomic mass is 35.5. The molecule has 12 heavy (non-hydrogen) atoms. The van der Waals surface area contributed by atoms with Crippen LogP contribution < -0.4 is 0 Å². The van der Waals surface area contributed by atoms with Crippen LogP contribution in [0, 0.1) is 0 Å². The van der Waals surface area contributed by atoms with Crippen LogP contribution >= 0.6 is 11.6 Å². The van der Waals surface area contributed by atoms with Crippen molar-refractivity contribution in [3.05, 3.63) is 18.3 Å². The zero-order valence-corrected chi connectivity index (χ0v) is 7.21. The Morgan fingerprint density at radius 3 is 3.08 bits per heavy atom. The third-order valence-electron chi connectivity index (χ3n) is 1.56. The quantitative estimate of drug-likeness (QED) is 0.683. The number of imidazole rings is 1. The first kappa shape index (κ1) is 7.49. The summed E-state index contributed by atoms with van der Waals surface area (Å²) in [4.78, 5) is 15.0. The van der Waals surface area contributed by atoms with Gasteiger partial charge in [-0.1, -0.05) is 0 Å². The molecule has 1 N–H and O–H groups in total. The van der Waals surface area contributed by atoms with Gasteiger partial charge in [-0.3, -0.25) is 0 Å². The first-order valence-electron chi connectivity index (χ1n) is 3.57. The zero-order valence-electron chi connectivity index (χ0n) is 6.45. The summed E-state index contributed by atoms with van der Waals surface area (Å²) < 4.78 is 0. The number of alkyl halides is 1.